The molecule has 1 aromatic carbocycles. The number of hydrogen-bond acceptors (Lipinski definition) is 2. The number of thioether (sulfide) groups is 1. The van der Waals surface area contributed by atoms with E-state index in [1.54, 1.807) is 11.8 Å². The first-order valence-corrected chi connectivity index (χ1v) is 8.63. The molecule has 0 spiro atoms. The maximum absolute atomic E-state index is 10.4. The predicted octanol–water partition coefficient (Wildman–Crippen LogP) is 5.01. The van der Waals surface area contributed by atoms with Crippen LogP contribution in [0.15, 0.2) is 29.2 Å². The van der Waals surface area contributed by atoms with Crippen molar-refractivity contribution in [1.29, 1.82) is 0 Å². The fourth-order valence-corrected chi connectivity index (χ4v) is 4.15. The zero-order chi connectivity index (χ0) is 13.7. The molecule has 0 aromatic heterocycles. The van der Waals surface area contributed by atoms with Gasteiger partial charge in [-0.2, -0.15) is 0 Å². The van der Waals surface area contributed by atoms with Crippen molar-refractivity contribution in [2.75, 3.05) is 5.75 Å². The third-order valence-electron chi connectivity index (χ3n) is 4.22. The highest BCUT2D eigenvalue weighted by atomic mass is 35.5. The number of benzene rings is 1. The Labute approximate surface area is 125 Å². The quantitative estimate of drug-likeness (QED) is 0.771. The molecule has 0 radical (unpaired) electrons. The SMILES string of the molecule is CCC1CCCCC1C(O)CSc1ccc(Cl)cc1. The lowest BCUT2D eigenvalue weighted by Crippen LogP contribution is -2.32. The first-order valence-electron chi connectivity index (χ1n) is 7.27. The molecule has 19 heavy (non-hydrogen) atoms. The van der Waals surface area contributed by atoms with E-state index in [1.807, 2.05) is 24.3 Å². The number of aliphatic hydroxyl groups excluding tert-OH is 1. The molecule has 1 fully saturated rings. The third-order valence-corrected chi connectivity index (χ3v) is 5.59. The van der Waals surface area contributed by atoms with Gasteiger partial charge in [0.1, 0.15) is 0 Å². The van der Waals surface area contributed by atoms with Crippen LogP contribution in [0.4, 0.5) is 0 Å². The van der Waals surface area contributed by atoms with E-state index in [1.165, 1.54) is 37.0 Å². The molecule has 1 aliphatic rings. The van der Waals surface area contributed by atoms with Crippen molar-refractivity contribution in [1.82, 2.24) is 0 Å². The smallest absolute Gasteiger partial charge is 0.0664 e. The van der Waals surface area contributed by atoms with E-state index in [0.29, 0.717) is 5.92 Å². The van der Waals surface area contributed by atoms with Crippen LogP contribution in [0.5, 0.6) is 0 Å². The highest BCUT2D eigenvalue weighted by molar-refractivity contribution is 7.99. The number of hydrogen-bond donors (Lipinski definition) is 1. The minimum atomic E-state index is -0.175. The molecule has 3 atom stereocenters. The van der Waals surface area contributed by atoms with Crippen LogP contribution in [0.2, 0.25) is 5.02 Å². The van der Waals surface area contributed by atoms with Crippen LogP contribution < -0.4 is 0 Å². The van der Waals surface area contributed by atoms with Gasteiger partial charge < -0.3 is 5.11 Å². The van der Waals surface area contributed by atoms with E-state index >= 15 is 0 Å². The highest BCUT2D eigenvalue weighted by Gasteiger charge is 2.29. The lowest BCUT2D eigenvalue weighted by Gasteiger charge is -2.34. The summed E-state index contributed by atoms with van der Waals surface area (Å²) in [6.45, 7) is 2.25. The summed E-state index contributed by atoms with van der Waals surface area (Å²) in [5, 5.41) is 11.2. The van der Waals surface area contributed by atoms with Gasteiger partial charge >= 0.3 is 0 Å². The molecule has 2 rings (SSSR count). The van der Waals surface area contributed by atoms with E-state index in [4.69, 9.17) is 11.6 Å². The number of rotatable bonds is 5. The summed E-state index contributed by atoms with van der Waals surface area (Å²) in [6, 6.07) is 7.87. The van der Waals surface area contributed by atoms with Crippen LogP contribution in [-0.2, 0) is 0 Å². The molecule has 3 unspecified atom stereocenters. The van der Waals surface area contributed by atoms with Gasteiger partial charge in [0.05, 0.1) is 6.10 Å². The van der Waals surface area contributed by atoms with Crippen LogP contribution in [0.25, 0.3) is 0 Å². The average molecular weight is 299 g/mol. The van der Waals surface area contributed by atoms with Gasteiger partial charge in [-0.3, -0.25) is 0 Å². The Morgan fingerprint density at radius 3 is 2.63 bits per heavy atom. The Bertz CT molecular complexity index is 379. The van der Waals surface area contributed by atoms with Crippen LogP contribution in [0.1, 0.15) is 39.0 Å². The molecule has 0 bridgehead atoms. The highest BCUT2D eigenvalue weighted by Crippen LogP contribution is 2.36. The van der Waals surface area contributed by atoms with E-state index < -0.39 is 0 Å². The maximum atomic E-state index is 10.4. The van der Waals surface area contributed by atoms with Gasteiger partial charge in [0.25, 0.3) is 0 Å². The Kier molecular flexibility index (Phi) is 6.06. The molecular weight excluding hydrogens is 276 g/mol. The summed E-state index contributed by atoms with van der Waals surface area (Å²) >= 11 is 7.61. The summed E-state index contributed by atoms with van der Waals surface area (Å²) in [7, 11) is 0. The molecule has 1 aromatic rings. The van der Waals surface area contributed by atoms with E-state index in [0.717, 1.165) is 16.7 Å². The summed E-state index contributed by atoms with van der Waals surface area (Å²) < 4.78 is 0. The molecular formula is C16H23ClOS. The summed E-state index contributed by atoms with van der Waals surface area (Å²) in [4.78, 5) is 1.19. The second-order valence-electron chi connectivity index (χ2n) is 5.45. The maximum Gasteiger partial charge on any atom is 0.0664 e. The van der Waals surface area contributed by atoms with Crippen molar-refractivity contribution in [3.8, 4) is 0 Å². The average Bonchev–Trinajstić information content (AvgIpc) is 2.46. The Morgan fingerprint density at radius 1 is 1.26 bits per heavy atom. The molecule has 0 amide bonds. The molecule has 1 nitrogen and oxygen atoms in total. The zero-order valence-corrected chi connectivity index (χ0v) is 13.1. The first-order chi connectivity index (χ1) is 9.20. The minimum absolute atomic E-state index is 0.175. The molecule has 1 aliphatic carbocycles. The van der Waals surface area contributed by atoms with E-state index in [9.17, 15) is 5.11 Å². The molecule has 106 valence electrons. The van der Waals surface area contributed by atoms with Crippen molar-refractivity contribution in [2.45, 2.75) is 50.0 Å². The summed E-state index contributed by atoms with van der Waals surface area (Å²) in [6.07, 6.45) is 6.14. The van der Waals surface area contributed by atoms with Crippen molar-refractivity contribution < 1.29 is 5.11 Å². The van der Waals surface area contributed by atoms with Crippen LogP contribution in [-0.4, -0.2) is 17.0 Å². The summed E-state index contributed by atoms with van der Waals surface area (Å²) in [5.41, 5.74) is 0. The number of halogens is 1. The molecule has 1 saturated carbocycles. The largest absolute Gasteiger partial charge is 0.392 e. The standard InChI is InChI=1S/C16H23ClOS/c1-2-12-5-3-4-6-15(12)16(18)11-19-14-9-7-13(17)8-10-14/h7-10,12,15-16,18H,2-6,11H2,1H3. The molecule has 0 saturated heterocycles. The fourth-order valence-electron chi connectivity index (χ4n) is 3.09. The van der Waals surface area contributed by atoms with Crippen LogP contribution in [0.3, 0.4) is 0 Å². The van der Waals surface area contributed by atoms with Crippen molar-refractivity contribution in [3.05, 3.63) is 29.3 Å². The van der Waals surface area contributed by atoms with Crippen LogP contribution >= 0.6 is 23.4 Å². The van der Waals surface area contributed by atoms with Gasteiger partial charge in [-0.05, 0) is 42.5 Å². The Hall–Kier alpha value is -0.180. The van der Waals surface area contributed by atoms with Crippen molar-refractivity contribution in [2.24, 2.45) is 11.8 Å². The van der Waals surface area contributed by atoms with Crippen molar-refractivity contribution >= 4 is 23.4 Å². The van der Waals surface area contributed by atoms with Gasteiger partial charge in [0, 0.05) is 15.7 Å². The molecule has 0 heterocycles. The Balaban J connectivity index is 1.85. The second-order valence-corrected chi connectivity index (χ2v) is 6.98. The monoisotopic (exact) mass is 298 g/mol. The lowest BCUT2D eigenvalue weighted by molar-refractivity contribution is 0.0629. The lowest BCUT2D eigenvalue weighted by atomic mass is 9.75. The van der Waals surface area contributed by atoms with Gasteiger partial charge in [-0.25, -0.2) is 0 Å². The first kappa shape index (κ1) is 15.2. The van der Waals surface area contributed by atoms with Gasteiger partial charge in [-0.15, -0.1) is 11.8 Å². The van der Waals surface area contributed by atoms with Crippen LogP contribution in [0, 0.1) is 11.8 Å². The van der Waals surface area contributed by atoms with Gasteiger partial charge in [0.15, 0.2) is 0 Å². The van der Waals surface area contributed by atoms with Gasteiger partial charge in [0.2, 0.25) is 0 Å². The summed E-state index contributed by atoms with van der Waals surface area (Å²) in [5.74, 6) is 2.01. The van der Waals surface area contributed by atoms with Gasteiger partial charge in [-0.1, -0.05) is 44.2 Å². The predicted molar refractivity (Wildman–Crippen MR) is 83.9 cm³/mol. The fraction of sp³-hybridized carbons (Fsp3) is 0.625. The molecule has 1 N–H and O–H groups in total. The zero-order valence-electron chi connectivity index (χ0n) is 11.5. The topological polar surface area (TPSA) is 20.2 Å². The molecule has 0 aliphatic heterocycles. The van der Waals surface area contributed by atoms with E-state index in [2.05, 4.69) is 6.92 Å². The second kappa shape index (κ2) is 7.56. The third kappa shape index (κ3) is 4.40. The molecule has 3 heteroatoms. The van der Waals surface area contributed by atoms with Crippen molar-refractivity contribution in [3.63, 3.8) is 0 Å². The Morgan fingerprint density at radius 2 is 1.95 bits per heavy atom. The minimum Gasteiger partial charge on any atom is -0.392 e. The van der Waals surface area contributed by atoms with E-state index in [-0.39, 0.29) is 6.10 Å². The normalized spacial score (nSPS) is 25.2. The number of aliphatic hydroxyl groups is 1.